The van der Waals surface area contributed by atoms with Crippen LogP contribution in [0.3, 0.4) is 0 Å². The SMILES string of the molecule is COC(C)C(OC)(OC)[SiH2]N1CCN([SiH2]C(OC)(OC)C(C)OC)CC1. The molecule has 0 spiro atoms. The third-order valence-corrected chi connectivity index (χ3v) is 11.0. The van der Waals surface area contributed by atoms with E-state index in [9.17, 15) is 0 Å². The van der Waals surface area contributed by atoms with E-state index in [-0.39, 0.29) is 12.2 Å². The van der Waals surface area contributed by atoms with E-state index in [1.54, 1.807) is 42.7 Å². The smallest absolute Gasteiger partial charge is 0.184 e. The maximum atomic E-state index is 5.74. The quantitative estimate of drug-likeness (QED) is 0.292. The Morgan fingerprint density at radius 2 is 0.885 bits per heavy atom. The summed E-state index contributed by atoms with van der Waals surface area (Å²) in [5, 5.41) is 0. The molecule has 0 aromatic rings. The first kappa shape index (κ1) is 24.2. The summed E-state index contributed by atoms with van der Waals surface area (Å²) in [5.74, 6) is 0. The Kier molecular flexibility index (Phi) is 10.4. The van der Waals surface area contributed by atoms with Gasteiger partial charge in [0.2, 0.25) is 0 Å². The van der Waals surface area contributed by atoms with E-state index in [4.69, 9.17) is 28.4 Å². The molecular formula is C16H38N2O6Si2. The summed E-state index contributed by atoms with van der Waals surface area (Å²) >= 11 is 0. The molecule has 1 aliphatic rings. The van der Waals surface area contributed by atoms with E-state index in [2.05, 4.69) is 9.13 Å². The van der Waals surface area contributed by atoms with Crippen molar-refractivity contribution >= 4 is 19.4 Å². The van der Waals surface area contributed by atoms with Crippen molar-refractivity contribution < 1.29 is 28.4 Å². The standard InChI is InChI=1S/C16H38N2O6Si2/c1-13(19-3)15(21-5,22-6)25-17-9-11-18(12-10-17)26-16(23-7,24-8)14(2)20-4/h13-14H,9-12,25-26H2,1-8H3. The molecule has 156 valence electrons. The summed E-state index contributed by atoms with van der Waals surface area (Å²) in [6.07, 6.45) is -0.206. The largest absolute Gasteiger partial charge is 0.377 e. The lowest BCUT2D eigenvalue weighted by molar-refractivity contribution is -0.210. The lowest BCUT2D eigenvalue weighted by Crippen LogP contribution is -2.63. The van der Waals surface area contributed by atoms with E-state index in [0.717, 1.165) is 26.2 Å². The van der Waals surface area contributed by atoms with Crippen LogP contribution in [0.2, 0.25) is 0 Å². The maximum absolute atomic E-state index is 5.74. The molecule has 0 N–H and O–H groups in total. The van der Waals surface area contributed by atoms with Gasteiger partial charge in [-0.25, -0.2) is 0 Å². The van der Waals surface area contributed by atoms with E-state index in [1.165, 1.54) is 0 Å². The number of rotatable bonds is 12. The third kappa shape index (κ3) is 5.57. The van der Waals surface area contributed by atoms with Crippen LogP contribution in [0.15, 0.2) is 0 Å². The number of piperazine rings is 1. The first-order valence-corrected chi connectivity index (χ1v) is 11.8. The van der Waals surface area contributed by atoms with Crippen molar-refractivity contribution in [2.75, 3.05) is 68.8 Å². The first-order chi connectivity index (χ1) is 12.4. The van der Waals surface area contributed by atoms with Crippen LogP contribution in [0.4, 0.5) is 0 Å². The lowest BCUT2D eigenvalue weighted by atomic mass is 10.4. The zero-order chi connectivity index (χ0) is 19.8. The Bertz CT molecular complexity index is 355. The molecule has 0 aliphatic carbocycles. The fraction of sp³-hybridized carbons (Fsp3) is 1.00. The minimum Gasteiger partial charge on any atom is -0.377 e. The summed E-state index contributed by atoms with van der Waals surface area (Å²) in [5.41, 5.74) is -1.25. The molecule has 10 heteroatoms. The number of nitrogens with zero attached hydrogens (tertiary/aromatic N) is 2. The van der Waals surface area contributed by atoms with Gasteiger partial charge in [-0.2, -0.15) is 0 Å². The molecule has 2 atom stereocenters. The second kappa shape index (κ2) is 11.2. The van der Waals surface area contributed by atoms with E-state index >= 15 is 0 Å². The van der Waals surface area contributed by atoms with Gasteiger partial charge in [0.05, 0.1) is 0 Å². The van der Waals surface area contributed by atoms with Crippen LogP contribution in [0.1, 0.15) is 13.8 Å². The molecule has 1 rings (SSSR count). The van der Waals surface area contributed by atoms with Gasteiger partial charge in [0.25, 0.3) is 0 Å². The average molecular weight is 411 g/mol. The molecule has 8 nitrogen and oxygen atoms in total. The molecule has 1 aliphatic heterocycles. The molecule has 1 fully saturated rings. The highest BCUT2D eigenvalue weighted by atomic mass is 28.2. The summed E-state index contributed by atoms with van der Waals surface area (Å²) in [6.45, 7) is 7.98. The first-order valence-electron chi connectivity index (χ1n) is 9.07. The van der Waals surface area contributed by atoms with Crippen molar-refractivity contribution in [1.29, 1.82) is 0 Å². The second-order valence-electron chi connectivity index (χ2n) is 6.75. The Morgan fingerprint density at radius 1 is 0.615 bits per heavy atom. The molecule has 1 heterocycles. The molecule has 0 amide bonds. The summed E-state index contributed by atoms with van der Waals surface area (Å²) in [6, 6.07) is 0. The van der Waals surface area contributed by atoms with E-state index < -0.39 is 30.2 Å². The number of hydrogen-bond donors (Lipinski definition) is 0. The molecule has 0 bridgehead atoms. The van der Waals surface area contributed by atoms with E-state index in [1.807, 2.05) is 13.8 Å². The van der Waals surface area contributed by atoms with Gasteiger partial charge in [0.15, 0.2) is 30.2 Å². The molecular weight excluding hydrogens is 372 g/mol. The summed E-state index contributed by atoms with van der Waals surface area (Å²) in [7, 11) is 8.57. The van der Waals surface area contributed by atoms with Gasteiger partial charge >= 0.3 is 0 Å². The Morgan fingerprint density at radius 3 is 1.08 bits per heavy atom. The zero-order valence-corrected chi connectivity index (χ0v) is 20.6. The van der Waals surface area contributed by atoms with Gasteiger partial charge in [-0.1, -0.05) is 0 Å². The van der Waals surface area contributed by atoms with Crippen molar-refractivity contribution in [2.45, 2.75) is 36.9 Å². The topological polar surface area (TPSA) is 61.9 Å². The Balaban J connectivity index is 2.66. The van der Waals surface area contributed by atoms with Crippen LogP contribution < -0.4 is 0 Å². The van der Waals surface area contributed by atoms with Gasteiger partial charge in [-0.05, 0) is 13.8 Å². The van der Waals surface area contributed by atoms with Crippen molar-refractivity contribution in [3.05, 3.63) is 0 Å². The Hall–Kier alpha value is 0.114. The molecule has 0 radical (unpaired) electrons. The summed E-state index contributed by atoms with van der Waals surface area (Å²) < 4.78 is 39.0. The number of hydrogen-bond acceptors (Lipinski definition) is 8. The zero-order valence-electron chi connectivity index (χ0n) is 17.7. The second-order valence-corrected chi connectivity index (χ2v) is 11.1. The molecule has 0 saturated carbocycles. The van der Waals surface area contributed by atoms with Crippen molar-refractivity contribution in [3.8, 4) is 0 Å². The van der Waals surface area contributed by atoms with E-state index in [0.29, 0.717) is 0 Å². The third-order valence-electron chi connectivity index (χ3n) is 5.68. The highest BCUT2D eigenvalue weighted by Gasteiger charge is 2.42. The predicted molar refractivity (Wildman–Crippen MR) is 107 cm³/mol. The summed E-state index contributed by atoms with van der Waals surface area (Å²) in [4.78, 5) is 0. The van der Waals surface area contributed by atoms with Crippen molar-refractivity contribution in [2.24, 2.45) is 0 Å². The van der Waals surface area contributed by atoms with Crippen molar-refractivity contribution in [3.63, 3.8) is 0 Å². The Labute approximate surface area is 163 Å². The average Bonchev–Trinajstić information content (AvgIpc) is 2.70. The maximum Gasteiger partial charge on any atom is 0.184 e. The monoisotopic (exact) mass is 410 g/mol. The minimum atomic E-state index is -0.815. The minimum absolute atomic E-state index is 0.103. The van der Waals surface area contributed by atoms with Gasteiger partial charge in [-0.3, -0.25) is 0 Å². The van der Waals surface area contributed by atoms with Crippen LogP contribution >= 0.6 is 0 Å². The highest BCUT2D eigenvalue weighted by molar-refractivity contribution is 6.37. The molecule has 0 aromatic carbocycles. The molecule has 2 unspecified atom stereocenters. The van der Waals surface area contributed by atoms with Crippen LogP contribution in [-0.2, 0) is 28.4 Å². The lowest BCUT2D eigenvalue weighted by Gasteiger charge is -2.44. The highest BCUT2D eigenvalue weighted by Crippen LogP contribution is 2.22. The van der Waals surface area contributed by atoms with Gasteiger partial charge in [-0.15, -0.1) is 0 Å². The van der Waals surface area contributed by atoms with Crippen molar-refractivity contribution in [1.82, 2.24) is 9.13 Å². The number of ether oxygens (including phenoxy) is 6. The van der Waals surface area contributed by atoms with Crippen LogP contribution in [0.25, 0.3) is 0 Å². The molecule has 0 aromatic heterocycles. The predicted octanol–water partition coefficient (Wildman–Crippen LogP) is -1.27. The van der Waals surface area contributed by atoms with Crippen LogP contribution in [-0.4, -0.2) is 120 Å². The fourth-order valence-corrected chi connectivity index (χ4v) is 7.24. The van der Waals surface area contributed by atoms with Crippen LogP contribution in [0.5, 0.6) is 0 Å². The molecule has 1 saturated heterocycles. The molecule has 26 heavy (non-hydrogen) atoms. The normalized spacial score (nSPS) is 21.2. The van der Waals surface area contributed by atoms with Crippen LogP contribution in [0, 0.1) is 0 Å². The fourth-order valence-electron chi connectivity index (χ4n) is 3.43. The van der Waals surface area contributed by atoms with Gasteiger partial charge in [0.1, 0.15) is 12.2 Å². The van der Waals surface area contributed by atoms with Gasteiger partial charge in [0, 0.05) is 68.8 Å². The van der Waals surface area contributed by atoms with Gasteiger partial charge < -0.3 is 37.6 Å². The number of methoxy groups -OCH3 is 6.